The fraction of sp³-hybridized carbons (Fsp3) is 0.273. The molecule has 1 aliphatic rings. The first-order valence-corrected chi connectivity index (χ1v) is 9.64. The highest BCUT2D eigenvalue weighted by atomic mass is 35.5. The molecule has 0 saturated heterocycles. The van der Waals surface area contributed by atoms with Crippen LogP contribution in [0.3, 0.4) is 0 Å². The molecule has 1 amide bonds. The lowest BCUT2D eigenvalue weighted by molar-refractivity contribution is 0.0716. The van der Waals surface area contributed by atoms with Gasteiger partial charge < -0.3 is 19.0 Å². The number of ether oxygens (including phenoxy) is 1. The number of hydrogen-bond acceptors (Lipinski definition) is 5. The first-order valence-electron chi connectivity index (χ1n) is 9.26. The minimum atomic E-state index is -0.525. The van der Waals surface area contributed by atoms with Gasteiger partial charge in [-0.15, -0.1) is 0 Å². The Morgan fingerprint density at radius 1 is 1.14 bits per heavy atom. The van der Waals surface area contributed by atoms with Crippen molar-refractivity contribution in [2.24, 2.45) is 0 Å². The van der Waals surface area contributed by atoms with E-state index in [-0.39, 0.29) is 17.1 Å². The summed E-state index contributed by atoms with van der Waals surface area (Å²) >= 11 is 6.09. The zero-order chi connectivity index (χ0) is 20.7. The highest BCUT2D eigenvalue weighted by Crippen LogP contribution is 2.38. The predicted molar refractivity (Wildman–Crippen MR) is 112 cm³/mol. The van der Waals surface area contributed by atoms with Gasteiger partial charge in [-0.3, -0.25) is 9.59 Å². The Balaban J connectivity index is 1.92. The maximum absolute atomic E-state index is 13.4. The van der Waals surface area contributed by atoms with Gasteiger partial charge in [0.1, 0.15) is 11.3 Å². The molecular weight excluding hydrogens is 392 g/mol. The molecule has 7 heteroatoms. The summed E-state index contributed by atoms with van der Waals surface area (Å²) in [6.45, 7) is 1.12. The summed E-state index contributed by atoms with van der Waals surface area (Å²) in [6, 6.07) is 11.7. The third-order valence-corrected chi connectivity index (χ3v) is 5.38. The van der Waals surface area contributed by atoms with Gasteiger partial charge in [-0.25, -0.2) is 0 Å². The summed E-state index contributed by atoms with van der Waals surface area (Å²) in [7, 11) is 5.48. The second kappa shape index (κ2) is 7.54. The van der Waals surface area contributed by atoms with Crippen molar-refractivity contribution in [3.63, 3.8) is 0 Å². The van der Waals surface area contributed by atoms with E-state index in [9.17, 15) is 9.59 Å². The summed E-state index contributed by atoms with van der Waals surface area (Å²) in [5, 5.41) is 0.816. The fourth-order valence-electron chi connectivity index (χ4n) is 3.66. The Hall–Kier alpha value is -2.83. The molecule has 6 nitrogen and oxygen atoms in total. The van der Waals surface area contributed by atoms with Gasteiger partial charge in [0.15, 0.2) is 5.43 Å². The van der Waals surface area contributed by atoms with Gasteiger partial charge in [0.05, 0.1) is 24.1 Å². The number of fused-ring (bicyclic) bond motifs is 2. The number of halogens is 1. The van der Waals surface area contributed by atoms with Crippen LogP contribution in [0.25, 0.3) is 11.0 Å². The fourth-order valence-corrected chi connectivity index (χ4v) is 3.84. The van der Waals surface area contributed by atoms with Crippen LogP contribution < -0.4 is 10.2 Å². The molecule has 3 aromatic rings. The number of carbonyl (C=O) groups is 1. The van der Waals surface area contributed by atoms with E-state index in [0.29, 0.717) is 40.4 Å². The lowest BCUT2D eigenvalue weighted by Gasteiger charge is -2.26. The molecule has 2 aromatic carbocycles. The third kappa shape index (κ3) is 3.39. The van der Waals surface area contributed by atoms with Crippen molar-refractivity contribution in [2.75, 3.05) is 34.3 Å². The van der Waals surface area contributed by atoms with Gasteiger partial charge in [-0.2, -0.15) is 0 Å². The van der Waals surface area contributed by atoms with E-state index in [2.05, 4.69) is 0 Å². The number of nitrogens with zero attached hydrogens (tertiary/aromatic N) is 2. The average Bonchev–Trinajstić information content (AvgIpc) is 2.99. The maximum atomic E-state index is 13.4. The molecule has 0 N–H and O–H groups in total. The number of carbonyl (C=O) groups excluding carboxylic acids is 1. The van der Waals surface area contributed by atoms with Gasteiger partial charge in [0.2, 0.25) is 5.76 Å². The zero-order valence-electron chi connectivity index (χ0n) is 16.4. The SMILES string of the molecule is COc1ccc(C2c3c(oc4ccc(Cl)cc4c3=O)C(=O)N2CCN(C)C)cc1. The summed E-state index contributed by atoms with van der Waals surface area (Å²) < 4.78 is 11.1. The molecule has 150 valence electrons. The minimum absolute atomic E-state index is 0.101. The average molecular weight is 413 g/mol. The third-order valence-electron chi connectivity index (χ3n) is 5.15. The summed E-state index contributed by atoms with van der Waals surface area (Å²) in [4.78, 5) is 30.3. The van der Waals surface area contributed by atoms with Crippen molar-refractivity contribution in [3.05, 3.63) is 74.6 Å². The van der Waals surface area contributed by atoms with Crippen LogP contribution in [-0.4, -0.2) is 50.0 Å². The quantitative estimate of drug-likeness (QED) is 0.641. The van der Waals surface area contributed by atoms with Crippen molar-refractivity contribution in [2.45, 2.75) is 6.04 Å². The van der Waals surface area contributed by atoms with Crippen molar-refractivity contribution >= 4 is 28.5 Å². The molecule has 1 atom stereocenters. The molecule has 29 heavy (non-hydrogen) atoms. The van der Waals surface area contributed by atoms with Crippen molar-refractivity contribution < 1.29 is 13.9 Å². The minimum Gasteiger partial charge on any atom is -0.497 e. The monoisotopic (exact) mass is 412 g/mol. The van der Waals surface area contributed by atoms with E-state index >= 15 is 0 Å². The Kier molecular flexibility index (Phi) is 5.06. The maximum Gasteiger partial charge on any atom is 0.290 e. The summed E-state index contributed by atoms with van der Waals surface area (Å²) in [5.41, 5.74) is 1.30. The summed E-state index contributed by atoms with van der Waals surface area (Å²) in [5.74, 6) is 0.525. The number of benzene rings is 2. The molecular formula is C22H21ClN2O4. The van der Waals surface area contributed by atoms with Gasteiger partial charge in [0, 0.05) is 18.1 Å². The van der Waals surface area contributed by atoms with E-state index in [4.69, 9.17) is 20.8 Å². The molecule has 0 saturated carbocycles. The van der Waals surface area contributed by atoms with Crippen LogP contribution in [0.2, 0.25) is 5.02 Å². The molecule has 1 aromatic heterocycles. The van der Waals surface area contributed by atoms with E-state index < -0.39 is 6.04 Å². The van der Waals surface area contributed by atoms with Gasteiger partial charge in [-0.05, 0) is 50.0 Å². The number of hydrogen-bond donors (Lipinski definition) is 0. The van der Waals surface area contributed by atoms with Crippen molar-refractivity contribution in [1.29, 1.82) is 0 Å². The lowest BCUT2D eigenvalue weighted by atomic mass is 9.98. The molecule has 1 unspecified atom stereocenters. The molecule has 4 rings (SSSR count). The number of methoxy groups -OCH3 is 1. The van der Waals surface area contributed by atoms with Crippen molar-refractivity contribution in [1.82, 2.24) is 9.80 Å². The molecule has 2 heterocycles. The van der Waals surface area contributed by atoms with E-state index in [1.165, 1.54) is 0 Å². The Bertz CT molecular complexity index is 1140. The van der Waals surface area contributed by atoms with E-state index in [0.717, 1.165) is 5.56 Å². The van der Waals surface area contributed by atoms with E-state index in [1.54, 1.807) is 30.2 Å². The van der Waals surface area contributed by atoms with Crippen LogP contribution >= 0.6 is 11.6 Å². The highest BCUT2D eigenvalue weighted by Gasteiger charge is 2.42. The van der Waals surface area contributed by atoms with E-state index in [1.807, 2.05) is 43.3 Å². The molecule has 0 aliphatic carbocycles. The van der Waals surface area contributed by atoms with Crippen LogP contribution in [0.4, 0.5) is 0 Å². The van der Waals surface area contributed by atoms with Crippen LogP contribution in [-0.2, 0) is 0 Å². The molecule has 0 radical (unpaired) electrons. The van der Waals surface area contributed by atoms with Crippen LogP contribution in [0, 0.1) is 0 Å². The molecule has 0 spiro atoms. The van der Waals surface area contributed by atoms with Gasteiger partial charge in [-0.1, -0.05) is 23.7 Å². The Morgan fingerprint density at radius 3 is 2.52 bits per heavy atom. The predicted octanol–water partition coefficient (Wildman–Crippen LogP) is 3.56. The Morgan fingerprint density at radius 2 is 1.86 bits per heavy atom. The molecule has 0 fully saturated rings. The number of amides is 1. The van der Waals surface area contributed by atoms with Gasteiger partial charge >= 0.3 is 0 Å². The first-order chi connectivity index (χ1) is 13.9. The van der Waals surface area contributed by atoms with Gasteiger partial charge in [0.25, 0.3) is 5.91 Å². The largest absolute Gasteiger partial charge is 0.497 e. The Labute approximate surface area is 173 Å². The highest BCUT2D eigenvalue weighted by molar-refractivity contribution is 6.31. The number of likely N-dealkylation sites (N-methyl/N-ethyl adjacent to an activating group) is 1. The molecule has 1 aliphatic heterocycles. The van der Waals surface area contributed by atoms with Crippen LogP contribution in [0.5, 0.6) is 5.75 Å². The number of rotatable bonds is 5. The second-order valence-corrected chi connectivity index (χ2v) is 7.73. The normalized spacial score (nSPS) is 16.0. The van der Waals surface area contributed by atoms with Crippen molar-refractivity contribution in [3.8, 4) is 5.75 Å². The van der Waals surface area contributed by atoms with Crippen LogP contribution in [0.1, 0.15) is 27.7 Å². The summed E-state index contributed by atoms with van der Waals surface area (Å²) in [6.07, 6.45) is 0. The lowest BCUT2D eigenvalue weighted by Crippen LogP contribution is -2.35. The second-order valence-electron chi connectivity index (χ2n) is 7.29. The van der Waals surface area contributed by atoms with Crippen LogP contribution in [0.15, 0.2) is 51.7 Å². The standard InChI is InChI=1S/C22H21ClN2O4/c1-24(2)10-11-25-19(13-4-7-15(28-3)8-5-13)18-20(26)16-12-14(23)6-9-17(16)29-21(18)22(25)27/h4-9,12,19H,10-11H2,1-3H3. The first kappa shape index (κ1) is 19.5. The smallest absolute Gasteiger partial charge is 0.290 e. The topological polar surface area (TPSA) is 63.0 Å². The zero-order valence-corrected chi connectivity index (χ0v) is 17.2. The molecule has 0 bridgehead atoms.